The van der Waals surface area contributed by atoms with Gasteiger partial charge >= 0.3 is 0 Å². The highest BCUT2D eigenvalue weighted by Crippen LogP contribution is 2.52. The van der Waals surface area contributed by atoms with E-state index in [1.54, 1.807) is 0 Å². The molecule has 9 aromatic carbocycles. The molecule has 2 aliphatic heterocycles. The largest absolute Gasteiger partial charge is 0.311 e. The van der Waals surface area contributed by atoms with E-state index in [1.807, 2.05) is 12.1 Å². The molecule has 0 bridgehead atoms. The molecule has 3 heteroatoms. The molecule has 0 fully saturated rings. The quantitative estimate of drug-likeness (QED) is 0.153. The van der Waals surface area contributed by atoms with Crippen molar-refractivity contribution >= 4 is 57.2 Å². The molecule has 0 aliphatic carbocycles. The van der Waals surface area contributed by atoms with E-state index in [0.29, 0.717) is 5.56 Å². The topological polar surface area (TPSA) is 6.48 Å². The van der Waals surface area contributed by atoms with E-state index in [-0.39, 0.29) is 63.5 Å². The maximum absolute atomic E-state index is 8.94. The molecule has 0 unspecified atom stereocenters. The maximum Gasteiger partial charge on any atom is 0.252 e. The summed E-state index contributed by atoms with van der Waals surface area (Å²) in [6.07, 6.45) is 0. The van der Waals surface area contributed by atoms with Crippen LogP contribution < -0.4 is 26.2 Å². The highest BCUT2D eigenvalue weighted by molar-refractivity contribution is 7.00. The van der Waals surface area contributed by atoms with Gasteiger partial charge in [0, 0.05) is 39.6 Å². The minimum absolute atomic E-state index is 0.0871. The normalized spacial score (nSPS) is 14.5. The van der Waals surface area contributed by atoms with E-state index < -0.39 is 6.04 Å². The maximum atomic E-state index is 8.94. The molecule has 9 aromatic rings. The summed E-state index contributed by atoms with van der Waals surface area (Å²) in [5.41, 5.74) is 23.2. The molecule has 0 saturated heterocycles. The summed E-state index contributed by atoms with van der Waals surface area (Å²) < 4.78 is 43.3. The van der Waals surface area contributed by atoms with Crippen molar-refractivity contribution in [3.63, 3.8) is 0 Å². The van der Waals surface area contributed by atoms with Gasteiger partial charge in [0.2, 0.25) is 0 Å². The van der Waals surface area contributed by atoms with Crippen LogP contribution in [0.2, 0.25) is 0 Å². The van der Waals surface area contributed by atoms with Crippen LogP contribution in [0.3, 0.4) is 0 Å². The molecule has 2 nitrogen and oxygen atoms in total. The predicted octanol–water partition coefficient (Wildman–Crippen LogP) is 18.9. The molecule has 2 heterocycles. The van der Waals surface area contributed by atoms with Gasteiger partial charge in [-0.2, -0.15) is 0 Å². The van der Waals surface area contributed by atoms with Gasteiger partial charge in [0.1, 0.15) is 0 Å². The van der Waals surface area contributed by atoms with Crippen molar-refractivity contribution in [3.8, 4) is 44.5 Å². The first kappa shape index (κ1) is 45.8. The molecular formula is C74H77BN2. The molecule has 0 amide bonds. The van der Waals surface area contributed by atoms with E-state index in [4.69, 9.17) is 6.85 Å². The van der Waals surface area contributed by atoms with Gasteiger partial charge in [0.05, 0.1) is 12.5 Å². The third-order valence-corrected chi connectivity index (χ3v) is 16.1. The number of benzene rings is 9. The second-order valence-electron chi connectivity index (χ2n) is 26.8. The molecule has 0 saturated carbocycles. The van der Waals surface area contributed by atoms with Crippen molar-refractivity contribution in [2.24, 2.45) is 0 Å². The van der Waals surface area contributed by atoms with Crippen molar-refractivity contribution in [1.29, 1.82) is 0 Å². The number of fused-ring (bicyclic) bond motifs is 4. The van der Waals surface area contributed by atoms with Gasteiger partial charge in [-0.25, -0.2) is 0 Å². The number of rotatable bonds is 6. The summed E-state index contributed by atoms with van der Waals surface area (Å²) in [6, 6.07) is 59.8. The molecule has 0 radical (unpaired) electrons. The predicted molar refractivity (Wildman–Crippen MR) is 336 cm³/mol. The highest BCUT2D eigenvalue weighted by Gasteiger charge is 2.45. The number of hydrogen-bond donors (Lipinski definition) is 0. The Morgan fingerprint density at radius 2 is 0.831 bits per heavy atom. The van der Waals surface area contributed by atoms with Crippen LogP contribution in [0.25, 0.3) is 44.5 Å². The molecule has 0 N–H and O–H groups in total. The van der Waals surface area contributed by atoms with E-state index in [1.165, 1.54) is 55.3 Å². The zero-order chi connectivity index (χ0) is 58.9. The van der Waals surface area contributed by atoms with Crippen LogP contribution in [0, 0.1) is 0 Å². The summed E-state index contributed by atoms with van der Waals surface area (Å²) in [7, 11) is 0. The Balaban J connectivity index is 1.29. The molecular weight excluding hydrogens is 928 g/mol. The Kier molecular flexibility index (Phi) is 11.1. The van der Waals surface area contributed by atoms with E-state index >= 15 is 0 Å². The number of nitrogens with zero attached hydrogens (tertiary/aromatic N) is 2. The van der Waals surface area contributed by atoms with E-state index in [2.05, 4.69) is 265 Å². The van der Waals surface area contributed by atoms with Crippen LogP contribution in [0.1, 0.15) is 139 Å². The fourth-order valence-electron chi connectivity index (χ4n) is 11.7. The van der Waals surface area contributed by atoms with E-state index in [0.717, 1.165) is 56.4 Å². The summed E-state index contributed by atoms with van der Waals surface area (Å²) in [6.45, 7) is 34.2. The average molecular weight is 1010 g/mol. The van der Waals surface area contributed by atoms with Crippen LogP contribution in [0.4, 0.5) is 34.1 Å². The summed E-state index contributed by atoms with van der Waals surface area (Å²) in [5.74, 6) is 0. The third kappa shape index (κ3) is 9.45. The van der Waals surface area contributed by atoms with Crippen molar-refractivity contribution in [1.82, 2.24) is 0 Å². The Bertz CT molecular complexity index is 3920. The monoisotopic (exact) mass is 1010 g/mol. The van der Waals surface area contributed by atoms with Crippen molar-refractivity contribution in [3.05, 3.63) is 222 Å². The SMILES string of the molecule is [2H]c1c([2H])c([2H])c(-c2ccc(N3c4cc(C(C)(C)C)ccc4B4c5cc(-c6ccccc6C(C)(C)C)ccc5N(c5c(-c6cccc(C(C)(C)C)c6)cccc5-c5cccc(C(C)(C)C)c5)c5cc(C(C)(C)C)cc3c54)cc2)c([2H])c1[2H]. The fraction of sp³-hybridized carbons (Fsp3) is 0.270. The summed E-state index contributed by atoms with van der Waals surface area (Å²) in [5, 5.41) is 0. The minimum Gasteiger partial charge on any atom is -0.311 e. The second-order valence-corrected chi connectivity index (χ2v) is 26.8. The molecule has 386 valence electrons. The van der Waals surface area contributed by atoms with Crippen LogP contribution >= 0.6 is 0 Å². The van der Waals surface area contributed by atoms with Gasteiger partial charge < -0.3 is 9.80 Å². The molecule has 0 spiro atoms. The first-order chi connectivity index (χ1) is 38.4. The van der Waals surface area contributed by atoms with Crippen LogP contribution in [-0.2, 0) is 27.1 Å². The van der Waals surface area contributed by atoms with E-state index in [9.17, 15) is 0 Å². The lowest BCUT2D eigenvalue weighted by Crippen LogP contribution is -2.61. The van der Waals surface area contributed by atoms with Gasteiger partial charge in [-0.05, 0) is 141 Å². The average Bonchev–Trinajstić information content (AvgIpc) is 1.34. The standard InChI is InChI=1S/C74H77BN2/c1-70(2,3)53-28-21-26-50(42-53)59-31-23-32-60(51-27-22-29-54(43-51)71(4,5)6)69(59)77-64-41-36-52(58-30-19-20-33-61(58)74(13,14)15)44-63(64)75-62-40-37-55(72(7,8)9)45-65(62)76(66-46-56(73(10,11)12)47-67(77)68(66)75)57-38-34-49(35-39-57)48-24-17-16-18-25-48/h16-47H,1-15H3/i16D,17D,18D,24D,25D. The van der Waals surface area contributed by atoms with Gasteiger partial charge in [-0.15, -0.1) is 0 Å². The Morgan fingerprint density at radius 3 is 1.40 bits per heavy atom. The lowest BCUT2D eigenvalue weighted by molar-refractivity contribution is 0.590. The Hall–Kier alpha value is -7.36. The lowest BCUT2D eigenvalue weighted by Gasteiger charge is -2.46. The van der Waals surface area contributed by atoms with Gasteiger partial charge in [0.15, 0.2) is 0 Å². The molecule has 11 rings (SSSR count). The zero-order valence-electron chi connectivity index (χ0n) is 53.1. The smallest absolute Gasteiger partial charge is 0.252 e. The third-order valence-electron chi connectivity index (χ3n) is 16.1. The van der Waals surface area contributed by atoms with Crippen molar-refractivity contribution in [2.75, 3.05) is 9.80 Å². The lowest BCUT2D eigenvalue weighted by atomic mass is 9.33. The fourth-order valence-corrected chi connectivity index (χ4v) is 11.7. The van der Waals surface area contributed by atoms with Crippen LogP contribution in [0.5, 0.6) is 0 Å². The first-order valence-corrected chi connectivity index (χ1v) is 27.6. The highest BCUT2D eigenvalue weighted by atomic mass is 15.2. The summed E-state index contributed by atoms with van der Waals surface area (Å²) in [4.78, 5) is 5.06. The summed E-state index contributed by atoms with van der Waals surface area (Å²) >= 11 is 0. The Labute approximate surface area is 469 Å². The number of para-hydroxylation sites is 1. The minimum atomic E-state index is -0.402. The van der Waals surface area contributed by atoms with Crippen molar-refractivity contribution < 1.29 is 6.85 Å². The van der Waals surface area contributed by atoms with Crippen LogP contribution in [0.15, 0.2) is 194 Å². The molecule has 0 aromatic heterocycles. The van der Waals surface area contributed by atoms with Crippen molar-refractivity contribution in [2.45, 2.75) is 131 Å². The molecule has 77 heavy (non-hydrogen) atoms. The zero-order valence-corrected chi connectivity index (χ0v) is 48.1. The van der Waals surface area contributed by atoms with Gasteiger partial charge in [-0.1, -0.05) is 261 Å². The number of hydrogen-bond acceptors (Lipinski definition) is 2. The molecule has 0 atom stereocenters. The Morgan fingerprint density at radius 1 is 0.338 bits per heavy atom. The molecule has 2 aliphatic rings. The van der Waals surface area contributed by atoms with Gasteiger partial charge in [-0.3, -0.25) is 0 Å². The van der Waals surface area contributed by atoms with Crippen LogP contribution in [-0.4, -0.2) is 6.71 Å². The first-order valence-electron chi connectivity index (χ1n) is 30.1. The van der Waals surface area contributed by atoms with Gasteiger partial charge in [0.25, 0.3) is 6.71 Å². The number of anilines is 6. The second kappa shape index (κ2) is 18.7.